The number of pyridine rings is 1. The summed E-state index contributed by atoms with van der Waals surface area (Å²) >= 11 is 0. The van der Waals surface area contributed by atoms with Crippen LogP contribution in [0.25, 0.3) is 10.9 Å². The molecule has 6 heteroatoms. The fraction of sp³-hybridized carbons (Fsp3) is 0.412. The molecule has 0 unspecified atom stereocenters. The SMILES string of the molecule is CCCNC(=NC)NCc1cc(N(C)C)nc2ccccc12.I. The molecule has 0 bridgehead atoms. The smallest absolute Gasteiger partial charge is 0.191 e. The lowest BCUT2D eigenvalue weighted by Gasteiger charge is -2.16. The zero-order valence-electron chi connectivity index (χ0n) is 14.3. The number of aromatic nitrogens is 1. The standard InChI is InChI=1S/C17H25N5.HI/c1-5-10-19-17(18-2)20-12-13-11-16(22(3)4)21-15-9-7-6-8-14(13)15;/h6-9,11H,5,10,12H2,1-4H3,(H2,18,19,20);1H. The second kappa shape index (κ2) is 9.54. The van der Waals surface area contributed by atoms with Crippen LogP contribution in [0, 0.1) is 0 Å². The van der Waals surface area contributed by atoms with E-state index in [2.05, 4.69) is 45.7 Å². The minimum atomic E-state index is 0. The van der Waals surface area contributed by atoms with Crippen molar-refractivity contribution in [3.05, 3.63) is 35.9 Å². The molecular weight excluding hydrogens is 401 g/mol. The summed E-state index contributed by atoms with van der Waals surface area (Å²) in [5.41, 5.74) is 2.23. The first-order chi connectivity index (χ1) is 10.7. The number of nitrogens with zero attached hydrogens (tertiary/aromatic N) is 3. The third-order valence-electron chi connectivity index (χ3n) is 3.46. The first-order valence-corrected chi connectivity index (χ1v) is 7.66. The van der Waals surface area contributed by atoms with Gasteiger partial charge in [0.05, 0.1) is 5.52 Å². The summed E-state index contributed by atoms with van der Waals surface area (Å²) in [6, 6.07) is 10.4. The summed E-state index contributed by atoms with van der Waals surface area (Å²) in [6.45, 7) is 3.77. The molecule has 2 rings (SSSR count). The van der Waals surface area contributed by atoms with Crippen molar-refractivity contribution in [3.63, 3.8) is 0 Å². The Labute approximate surface area is 155 Å². The third-order valence-corrected chi connectivity index (χ3v) is 3.46. The van der Waals surface area contributed by atoms with Crippen molar-refractivity contribution >= 4 is 46.7 Å². The van der Waals surface area contributed by atoms with Crippen LogP contribution in [0.4, 0.5) is 5.82 Å². The lowest BCUT2D eigenvalue weighted by molar-refractivity contribution is 0.783. The highest BCUT2D eigenvalue weighted by atomic mass is 127. The number of rotatable bonds is 5. The van der Waals surface area contributed by atoms with E-state index in [1.807, 2.05) is 31.1 Å². The van der Waals surface area contributed by atoms with Crippen LogP contribution in [-0.2, 0) is 6.54 Å². The van der Waals surface area contributed by atoms with Crippen LogP contribution in [0.15, 0.2) is 35.3 Å². The van der Waals surface area contributed by atoms with Crippen LogP contribution in [0.2, 0.25) is 0 Å². The molecule has 0 saturated heterocycles. The molecule has 0 aliphatic rings. The summed E-state index contributed by atoms with van der Waals surface area (Å²) in [5.74, 6) is 1.79. The highest BCUT2D eigenvalue weighted by Gasteiger charge is 2.07. The molecule has 0 aliphatic carbocycles. The average molecular weight is 427 g/mol. The van der Waals surface area contributed by atoms with E-state index >= 15 is 0 Å². The first-order valence-electron chi connectivity index (χ1n) is 7.66. The maximum Gasteiger partial charge on any atom is 0.191 e. The molecule has 1 heterocycles. The summed E-state index contributed by atoms with van der Waals surface area (Å²) in [6.07, 6.45) is 1.07. The molecule has 0 spiro atoms. The fourth-order valence-corrected chi connectivity index (χ4v) is 2.25. The Hall–Kier alpha value is -1.57. The molecule has 1 aromatic carbocycles. The van der Waals surface area contributed by atoms with Crippen LogP contribution >= 0.6 is 24.0 Å². The highest BCUT2D eigenvalue weighted by molar-refractivity contribution is 14.0. The van der Waals surface area contributed by atoms with Gasteiger partial charge in [-0.3, -0.25) is 4.99 Å². The van der Waals surface area contributed by atoms with Gasteiger partial charge in [-0.15, -0.1) is 24.0 Å². The number of para-hydroxylation sites is 1. The van der Waals surface area contributed by atoms with Gasteiger partial charge in [0.15, 0.2) is 5.96 Å². The van der Waals surface area contributed by atoms with Crippen LogP contribution in [0.5, 0.6) is 0 Å². The molecule has 0 saturated carbocycles. The molecule has 0 radical (unpaired) electrons. The van der Waals surface area contributed by atoms with E-state index < -0.39 is 0 Å². The fourth-order valence-electron chi connectivity index (χ4n) is 2.25. The van der Waals surface area contributed by atoms with Gasteiger partial charge in [0, 0.05) is 39.6 Å². The van der Waals surface area contributed by atoms with Crippen molar-refractivity contribution in [2.45, 2.75) is 19.9 Å². The van der Waals surface area contributed by atoms with Gasteiger partial charge in [0.25, 0.3) is 0 Å². The van der Waals surface area contributed by atoms with E-state index in [0.717, 1.165) is 30.3 Å². The normalized spacial score (nSPS) is 11.0. The van der Waals surface area contributed by atoms with Crippen LogP contribution in [0.1, 0.15) is 18.9 Å². The minimum Gasteiger partial charge on any atom is -0.363 e. The van der Waals surface area contributed by atoms with Gasteiger partial charge in [-0.2, -0.15) is 0 Å². The van der Waals surface area contributed by atoms with Crippen molar-refractivity contribution < 1.29 is 0 Å². The Balaban J connectivity index is 0.00000264. The lowest BCUT2D eigenvalue weighted by Crippen LogP contribution is -2.37. The predicted octanol–water partition coefficient (Wildman–Crippen LogP) is 2.99. The van der Waals surface area contributed by atoms with Crippen LogP contribution in [-0.4, -0.2) is 38.6 Å². The molecule has 2 N–H and O–H groups in total. The van der Waals surface area contributed by atoms with Crippen molar-refractivity contribution in [2.24, 2.45) is 4.99 Å². The monoisotopic (exact) mass is 427 g/mol. The number of aliphatic imine (C=N–C) groups is 1. The molecule has 0 amide bonds. The zero-order valence-corrected chi connectivity index (χ0v) is 16.6. The van der Waals surface area contributed by atoms with Gasteiger partial charge >= 0.3 is 0 Å². The molecule has 0 atom stereocenters. The van der Waals surface area contributed by atoms with Gasteiger partial charge in [-0.1, -0.05) is 25.1 Å². The summed E-state index contributed by atoms with van der Waals surface area (Å²) in [5, 5.41) is 7.83. The number of anilines is 1. The molecule has 1 aromatic heterocycles. The van der Waals surface area contributed by atoms with Gasteiger partial charge in [-0.05, 0) is 24.1 Å². The Kier molecular flexibility index (Phi) is 8.08. The van der Waals surface area contributed by atoms with Crippen LogP contribution < -0.4 is 15.5 Å². The van der Waals surface area contributed by atoms with E-state index in [9.17, 15) is 0 Å². The number of guanidine groups is 1. The second-order valence-corrected chi connectivity index (χ2v) is 5.40. The molecule has 0 aliphatic heterocycles. The summed E-state index contributed by atoms with van der Waals surface area (Å²) in [4.78, 5) is 11.0. The number of nitrogens with one attached hydrogen (secondary N) is 2. The number of hydrogen-bond donors (Lipinski definition) is 2. The Bertz CT molecular complexity index is 654. The van der Waals surface area contributed by atoms with Gasteiger partial charge in [0.2, 0.25) is 0 Å². The lowest BCUT2D eigenvalue weighted by atomic mass is 10.1. The van der Waals surface area contributed by atoms with Crippen LogP contribution in [0.3, 0.4) is 0 Å². The third kappa shape index (κ3) is 5.23. The van der Waals surface area contributed by atoms with E-state index in [4.69, 9.17) is 0 Å². The van der Waals surface area contributed by atoms with Crippen molar-refractivity contribution in [1.82, 2.24) is 15.6 Å². The van der Waals surface area contributed by atoms with Crippen molar-refractivity contribution in [1.29, 1.82) is 0 Å². The minimum absolute atomic E-state index is 0. The molecular formula is C17H26IN5. The highest BCUT2D eigenvalue weighted by Crippen LogP contribution is 2.21. The summed E-state index contributed by atoms with van der Waals surface area (Å²) < 4.78 is 0. The predicted molar refractivity (Wildman–Crippen MR) is 110 cm³/mol. The quantitative estimate of drug-likeness (QED) is 0.438. The Morgan fingerprint density at radius 3 is 2.61 bits per heavy atom. The molecule has 5 nitrogen and oxygen atoms in total. The second-order valence-electron chi connectivity index (χ2n) is 5.40. The first kappa shape index (κ1) is 19.5. The molecule has 23 heavy (non-hydrogen) atoms. The molecule has 0 fully saturated rings. The maximum absolute atomic E-state index is 4.68. The number of fused-ring (bicyclic) bond motifs is 1. The van der Waals surface area contributed by atoms with Gasteiger partial charge < -0.3 is 15.5 Å². The van der Waals surface area contributed by atoms with E-state index in [0.29, 0.717) is 6.54 Å². The molecule has 2 aromatic rings. The number of hydrogen-bond acceptors (Lipinski definition) is 3. The van der Waals surface area contributed by atoms with E-state index in [1.165, 1.54) is 10.9 Å². The van der Waals surface area contributed by atoms with E-state index in [1.54, 1.807) is 7.05 Å². The average Bonchev–Trinajstić information content (AvgIpc) is 2.54. The Morgan fingerprint density at radius 1 is 1.22 bits per heavy atom. The maximum atomic E-state index is 4.68. The van der Waals surface area contributed by atoms with Gasteiger partial charge in [-0.25, -0.2) is 4.98 Å². The Morgan fingerprint density at radius 2 is 1.96 bits per heavy atom. The van der Waals surface area contributed by atoms with Gasteiger partial charge in [0.1, 0.15) is 5.82 Å². The summed E-state index contributed by atoms with van der Waals surface area (Å²) in [7, 11) is 5.81. The van der Waals surface area contributed by atoms with E-state index in [-0.39, 0.29) is 24.0 Å². The number of halogens is 1. The zero-order chi connectivity index (χ0) is 15.9. The molecule has 126 valence electrons. The largest absolute Gasteiger partial charge is 0.363 e. The van der Waals surface area contributed by atoms with Crippen molar-refractivity contribution in [3.8, 4) is 0 Å². The number of benzene rings is 1. The van der Waals surface area contributed by atoms with Crippen molar-refractivity contribution in [2.75, 3.05) is 32.6 Å². The topological polar surface area (TPSA) is 52.6 Å².